The number of hydrogen-bond acceptors (Lipinski definition) is 5. The van der Waals surface area contributed by atoms with Gasteiger partial charge < -0.3 is 9.72 Å². The van der Waals surface area contributed by atoms with Gasteiger partial charge in [-0.2, -0.15) is 5.10 Å². The minimum Gasteiger partial charge on any atom is -0.494 e. The van der Waals surface area contributed by atoms with Crippen LogP contribution in [0.2, 0.25) is 0 Å². The molecule has 1 aliphatic rings. The molecular formula is C18H18N6O. The van der Waals surface area contributed by atoms with Gasteiger partial charge in [-0.05, 0) is 32.4 Å². The summed E-state index contributed by atoms with van der Waals surface area (Å²) in [6, 6.07) is 5.92. The van der Waals surface area contributed by atoms with Gasteiger partial charge in [-0.15, -0.1) is 0 Å². The Labute approximate surface area is 144 Å². The summed E-state index contributed by atoms with van der Waals surface area (Å²) in [5, 5.41) is 4.70. The van der Waals surface area contributed by atoms with E-state index in [0.717, 1.165) is 51.9 Å². The van der Waals surface area contributed by atoms with Crippen molar-refractivity contribution in [1.82, 2.24) is 29.5 Å². The fraction of sp³-hybridized carbons (Fsp3) is 0.333. The van der Waals surface area contributed by atoms with Crippen LogP contribution in [0.4, 0.5) is 0 Å². The number of methoxy groups -OCH3 is 1. The van der Waals surface area contributed by atoms with Crippen LogP contribution in [0.15, 0.2) is 24.4 Å². The van der Waals surface area contributed by atoms with Crippen molar-refractivity contribution in [1.29, 1.82) is 0 Å². The molecule has 0 radical (unpaired) electrons. The first kappa shape index (κ1) is 14.4. The number of H-pyrrole nitrogens is 1. The molecule has 25 heavy (non-hydrogen) atoms. The monoisotopic (exact) mass is 334 g/mol. The quantitative estimate of drug-likeness (QED) is 0.623. The lowest BCUT2D eigenvalue weighted by Gasteiger charge is -1.97. The lowest BCUT2D eigenvalue weighted by molar-refractivity contribution is 0.419. The predicted octanol–water partition coefficient (Wildman–Crippen LogP) is 2.90. The number of hydrogen-bond donors (Lipinski definition) is 1. The third kappa shape index (κ3) is 2.12. The summed E-state index contributed by atoms with van der Waals surface area (Å²) in [5.41, 5.74) is 4.61. The number of ether oxygens (including phenoxy) is 1. The number of aryl methyl sites for hydroxylation is 2. The third-order valence-electron chi connectivity index (χ3n) is 4.91. The average molecular weight is 334 g/mol. The van der Waals surface area contributed by atoms with Crippen LogP contribution in [0.5, 0.6) is 5.75 Å². The second-order valence-electron chi connectivity index (χ2n) is 6.62. The maximum absolute atomic E-state index is 5.40. The van der Waals surface area contributed by atoms with E-state index in [1.54, 1.807) is 7.11 Å². The van der Waals surface area contributed by atoms with Crippen LogP contribution in [0, 0.1) is 13.8 Å². The van der Waals surface area contributed by atoms with Crippen LogP contribution in [0.25, 0.3) is 16.7 Å². The molecule has 0 spiro atoms. The smallest absolute Gasteiger partial charge is 0.177 e. The molecule has 1 fully saturated rings. The largest absolute Gasteiger partial charge is 0.494 e. The second-order valence-corrected chi connectivity index (χ2v) is 6.62. The fourth-order valence-corrected chi connectivity index (χ4v) is 3.42. The summed E-state index contributed by atoms with van der Waals surface area (Å²) in [7, 11) is 1.67. The molecule has 5 rings (SSSR count). The van der Waals surface area contributed by atoms with E-state index in [1.165, 1.54) is 0 Å². The van der Waals surface area contributed by atoms with Gasteiger partial charge in [0.1, 0.15) is 17.1 Å². The van der Waals surface area contributed by atoms with Crippen molar-refractivity contribution >= 4 is 16.7 Å². The number of aromatic nitrogens is 6. The lowest BCUT2D eigenvalue weighted by atomic mass is 10.3. The minimum absolute atomic E-state index is 0.297. The molecule has 1 aliphatic carbocycles. The number of nitrogens with zero attached hydrogens (tertiary/aromatic N) is 5. The highest BCUT2D eigenvalue weighted by atomic mass is 16.5. The minimum atomic E-state index is 0.297. The van der Waals surface area contributed by atoms with Gasteiger partial charge in [0.2, 0.25) is 0 Å². The van der Waals surface area contributed by atoms with E-state index in [-0.39, 0.29) is 0 Å². The summed E-state index contributed by atoms with van der Waals surface area (Å²) in [5.74, 6) is 3.26. The van der Waals surface area contributed by atoms with Crippen molar-refractivity contribution in [3.63, 3.8) is 0 Å². The van der Waals surface area contributed by atoms with E-state index >= 15 is 0 Å². The predicted molar refractivity (Wildman–Crippen MR) is 93.0 cm³/mol. The Bertz CT molecular complexity index is 1070. The fourth-order valence-electron chi connectivity index (χ4n) is 3.42. The van der Waals surface area contributed by atoms with E-state index < -0.39 is 0 Å². The molecule has 0 amide bonds. The van der Waals surface area contributed by atoms with Crippen LogP contribution in [0.3, 0.4) is 0 Å². The Morgan fingerprint density at radius 1 is 1.20 bits per heavy atom. The van der Waals surface area contributed by atoms with Crippen molar-refractivity contribution in [3.8, 4) is 5.75 Å². The normalized spacial score (nSPS) is 19.6. The number of para-hydroxylation sites is 1. The zero-order chi connectivity index (χ0) is 17.1. The van der Waals surface area contributed by atoms with Crippen LogP contribution >= 0.6 is 0 Å². The van der Waals surface area contributed by atoms with Crippen LogP contribution < -0.4 is 4.74 Å². The maximum Gasteiger partial charge on any atom is 0.177 e. The molecule has 1 saturated carbocycles. The van der Waals surface area contributed by atoms with Gasteiger partial charge in [0.05, 0.1) is 24.0 Å². The molecule has 0 bridgehead atoms. The van der Waals surface area contributed by atoms with Gasteiger partial charge in [0, 0.05) is 18.0 Å². The van der Waals surface area contributed by atoms with Crippen LogP contribution in [-0.2, 0) is 0 Å². The number of nitrogens with one attached hydrogen (secondary N) is 1. The number of aromatic amines is 1. The third-order valence-corrected chi connectivity index (χ3v) is 4.91. The zero-order valence-electron chi connectivity index (χ0n) is 14.3. The van der Waals surface area contributed by atoms with E-state index in [9.17, 15) is 0 Å². The van der Waals surface area contributed by atoms with Gasteiger partial charge in [-0.25, -0.2) is 14.5 Å². The van der Waals surface area contributed by atoms with Gasteiger partial charge in [-0.1, -0.05) is 6.07 Å². The molecule has 0 aliphatic heterocycles. The Morgan fingerprint density at radius 2 is 2.08 bits per heavy atom. The highest BCUT2D eigenvalue weighted by molar-refractivity contribution is 5.81. The molecular weight excluding hydrogens is 316 g/mol. The summed E-state index contributed by atoms with van der Waals surface area (Å²) in [4.78, 5) is 17.3. The number of imidazole rings is 1. The second kappa shape index (κ2) is 5.02. The topological polar surface area (TPSA) is 81.0 Å². The summed E-state index contributed by atoms with van der Waals surface area (Å²) in [6.45, 7) is 3.96. The highest BCUT2D eigenvalue weighted by Crippen LogP contribution is 2.53. The lowest BCUT2D eigenvalue weighted by Crippen LogP contribution is -1.97. The first-order chi connectivity index (χ1) is 12.2. The highest BCUT2D eigenvalue weighted by Gasteiger charge is 2.45. The van der Waals surface area contributed by atoms with Gasteiger partial charge >= 0.3 is 0 Å². The molecule has 4 aromatic rings. The molecule has 2 atom stereocenters. The van der Waals surface area contributed by atoms with E-state index in [2.05, 4.69) is 9.97 Å². The van der Waals surface area contributed by atoms with Crippen molar-refractivity contribution in [2.75, 3.05) is 7.11 Å². The van der Waals surface area contributed by atoms with Crippen LogP contribution in [0.1, 0.15) is 41.3 Å². The molecule has 7 heteroatoms. The van der Waals surface area contributed by atoms with Gasteiger partial charge in [0.15, 0.2) is 11.5 Å². The molecule has 7 nitrogen and oxygen atoms in total. The van der Waals surface area contributed by atoms with Crippen molar-refractivity contribution in [3.05, 3.63) is 47.4 Å². The standard InChI is InChI=1S/C18H18N6O/c1-9-8-19-10(2)18-22-17(23-24(9)18)12-7-11(12)16-20-13-5-4-6-14(25-3)15(13)21-16/h4-6,8,11-12H,7H2,1-3H3,(H,20,21). The molecule has 2 unspecified atom stereocenters. The molecule has 0 saturated heterocycles. The molecule has 1 N–H and O–H groups in total. The maximum atomic E-state index is 5.40. The van der Waals surface area contributed by atoms with Gasteiger partial charge in [0.25, 0.3) is 0 Å². The van der Waals surface area contributed by atoms with E-state index in [0.29, 0.717) is 11.8 Å². The Balaban J connectivity index is 1.51. The van der Waals surface area contributed by atoms with E-state index in [1.807, 2.05) is 42.8 Å². The molecule has 3 heterocycles. The first-order valence-electron chi connectivity index (χ1n) is 8.37. The Hall–Kier alpha value is -2.96. The number of rotatable bonds is 3. The van der Waals surface area contributed by atoms with Crippen molar-refractivity contribution in [2.45, 2.75) is 32.1 Å². The van der Waals surface area contributed by atoms with Gasteiger partial charge in [-0.3, -0.25) is 4.98 Å². The number of benzene rings is 1. The number of fused-ring (bicyclic) bond motifs is 2. The Morgan fingerprint density at radius 3 is 2.88 bits per heavy atom. The summed E-state index contributed by atoms with van der Waals surface area (Å²) >= 11 is 0. The molecule has 1 aromatic carbocycles. The Kier molecular flexibility index (Phi) is 2.89. The summed E-state index contributed by atoms with van der Waals surface area (Å²) in [6.07, 6.45) is 2.83. The SMILES string of the molecule is COc1cccc2[nH]c(C3CC3c3nc4c(C)ncc(C)n4n3)nc12. The zero-order valence-corrected chi connectivity index (χ0v) is 14.3. The van der Waals surface area contributed by atoms with E-state index in [4.69, 9.17) is 19.8 Å². The summed E-state index contributed by atoms with van der Waals surface area (Å²) < 4.78 is 7.28. The van der Waals surface area contributed by atoms with Crippen molar-refractivity contribution in [2.24, 2.45) is 0 Å². The first-order valence-corrected chi connectivity index (χ1v) is 8.37. The molecule has 126 valence electrons. The molecule has 3 aromatic heterocycles. The van der Waals surface area contributed by atoms with Crippen molar-refractivity contribution < 1.29 is 4.74 Å². The van der Waals surface area contributed by atoms with Crippen LogP contribution in [-0.4, -0.2) is 36.7 Å². The average Bonchev–Trinajstić information content (AvgIpc) is 3.09.